The minimum absolute atomic E-state index is 0.0413. The SMILES string of the molecule is OCCOCCOCCOCCO.[O]=[V]([OH])[OH]. The van der Waals surface area contributed by atoms with Crippen LogP contribution in [-0.4, -0.2) is 71.1 Å². The normalized spacial score (nSPS) is 9.65. The van der Waals surface area contributed by atoms with Crippen LogP contribution in [0.5, 0.6) is 0 Å². The van der Waals surface area contributed by atoms with Crippen LogP contribution < -0.4 is 0 Å². The van der Waals surface area contributed by atoms with Crippen molar-refractivity contribution >= 4 is 0 Å². The Labute approximate surface area is 105 Å². The van der Waals surface area contributed by atoms with Crippen LogP contribution in [0.3, 0.4) is 0 Å². The fourth-order valence-electron chi connectivity index (χ4n) is 0.671. The van der Waals surface area contributed by atoms with Crippen LogP contribution in [0.4, 0.5) is 0 Å². The summed E-state index contributed by atoms with van der Waals surface area (Å²) in [7, 11) is 0. The number of hydrogen-bond donors (Lipinski definition) is 4. The first-order chi connectivity index (χ1) is 8.15. The molecule has 0 aliphatic rings. The molecule has 0 unspecified atom stereocenters. The van der Waals surface area contributed by atoms with Crippen LogP contribution in [0.25, 0.3) is 0 Å². The molecule has 0 amide bonds. The predicted octanol–water partition coefficient (Wildman–Crippen LogP) is -2.21. The number of ether oxygens (including phenoxy) is 3. The molecule has 0 aromatic carbocycles. The Hall–Kier alpha value is 0.104. The molecular formula is C8H20O8V. The van der Waals surface area contributed by atoms with E-state index in [1.54, 1.807) is 0 Å². The third-order valence-electron chi connectivity index (χ3n) is 1.22. The fraction of sp³-hybridized carbons (Fsp3) is 1.00. The molecule has 0 aliphatic heterocycles. The molecule has 0 aromatic rings. The molecule has 0 rings (SSSR count). The van der Waals surface area contributed by atoms with Gasteiger partial charge in [0.15, 0.2) is 0 Å². The zero-order chi connectivity index (χ0) is 13.4. The fourth-order valence-corrected chi connectivity index (χ4v) is 0.671. The maximum atomic E-state index is 8.78. The summed E-state index contributed by atoms with van der Waals surface area (Å²) in [5.41, 5.74) is 0. The summed E-state index contributed by atoms with van der Waals surface area (Å²) in [6.45, 7) is 2.76. The van der Waals surface area contributed by atoms with Gasteiger partial charge in [-0.1, -0.05) is 0 Å². The van der Waals surface area contributed by atoms with Gasteiger partial charge in [-0.3, -0.25) is 0 Å². The van der Waals surface area contributed by atoms with Crippen molar-refractivity contribution in [1.29, 1.82) is 0 Å². The summed E-state index contributed by atoms with van der Waals surface area (Å²) in [5.74, 6) is 0. The first-order valence-corrected chi connectivity index (χ1v) is 6.77. The van der Waals surface area contributed by atoms with E-state index in [0.29, 0.717) is 39.6 Å². The van der Waals surface area contributed by atoms with E-state index >= 15 is 0 Å². The first-order valence-electron chi connectivity index (χ1n) is 4.95. The molecule has 0 saturated heterocycles. The van der Waals surface area contributed by atoms with Gasteiger partial charge >= 0.3 is 27.5 Å². The molecule has 0 heterocycles. The van der Waals surface area contributed by atoms with Gasteiger partial charge in [0, 0.05) is 0 Å². The number of aliphatic hydroxyl groups is 2. The van der Waals surface area contributed by atoms with Gasteiger partial charge in [0.2, 0.25) is 0 Å². The average molecular weight is 295 g/mol. The summed E-state index contributed by atoms with van der Waals surface area (Å²) < 4.78 is 38.2. The van der Waals surface area contributed by atoms with Crippen LogP contribution in [0, 0.1) is 0 Å². The van der Waals surface area contributed by atoms with Crippen LogP contribution >= 0.6 is 0 Å². The van der Waals surface area contributed by atoms with E-state index in [1.165, 1.54) is 0 Å². The minimum atomic E-state index is -3.44. The second kappa shape index (κ2) is 18.5. The van der Waals surface area contributed by atoms with Gasteiger partial charge in [0.25, 0.3) is 0 Å². The van der Waals surface area contributed by atoms with E-state index in [1.807, 2.05) is 0 Å². The molecule has 0 fully saturated rings. The Morgan fingerprint density at radius 2 is 0.941 bits per heavy atom. The van der Waals surface area contributed by atoms with Crippen LogP contribution in [0.2, 0.25) is 0 Å². The Morgan fingerprint density at radius 1 is 0.706 bits per heavy atom. The third kappa shape index (κ3) is 31.4. The van der Waals surface area contributed by atoms with Gasteiger partial charge in [-0.05, 0) is 0 Å². The Bertz CT molecular complexity index is 142. The van der Waals surface area contributed by atoms with Crippen molar-refractivity contribution in [3.63, 3.8) is 0 Å². The summed E-state index contributed by atoms with van der Waals surface area (Å²) in [6.07, 6.45) is 0. The van der Waals surface area contributed by atoms with Gasteiger partial charge in [0.1, 0.15) is 0 Å². The van der Waals surface area contributed by atoms with Gasteiger partial charge in [-0.15, -0.1) is 0 Å². The molecule has 0 bridgehead atoms. The third-order valence-corrected chi connectivity index (χ3v) is 1.22. The zero-order valence-corrected chi connectivity index (χ0v) is 10.9. The van der Waals surface area contributed by atoms with E-state index in [-0.39, 0.29) is 13.2 Å². The van der Waals surface area contributed by atoms with Gasteiger partial charge in [-0.2, -0.15) is 0 Å². The van der Waals surface area contributed by atoms with Crippen LogP contribution in [0.15, 0.2) is 0 Å². The second-order valence-corrected chi connectivity index (χ2v) is 3.33. The van der Waals surface area contributed by atoms with E-state index in [4.69, 9.17) is 36.2 Å². The number of hydrogen-bond acceptors (Lipinski definition) is 6. The molecule has 0 radical (unpaired) electrons. The summed E-state index contributed by atoms with van der Waals surface area (Å²) in [5, 5.41) is 16.7. The monoisotopic (exact) mass is 295 g/mol. The summed E-state index contributed by atoms with van der Waals surface area (Å²) >= 11 is -3.44. The molecule has 0 spiro atoms. The van der Waals surface area contributed by atoms with Crippen molar-refractivity contribution in [3.8, 4) is 0 Å². The number of aliphatic hydroxyl groups excluding tert-OH is 2. The Balaban J connectivity index is 0. The van der Waals surface area contributed by atoms with Crippen molar-refractivity contribution in [2.24, 2.45) is 0 Å². The first kappa shape index (κ1) is 19.4. The van der Waals surface area contributed by atoms with Crippen molar-refractivity contribution in [3.05, 3.63) is 0 Å². The van der Waals surface area contributed by atoms with Gasteiger partial charge in [-0.25, -0.2) is 0 Å². The number of rotatable bonds is 10. The van der Waals surface area contributed by atoms with Crippen molar-refractivity contribution in [1.82, 2.24) is 0 Å². The van der Waals surface area contributed by atoms with Crippen LogP contribution in [0.1, 0.15) is 0 Å². The van der Waals surface area contributed by atoms with E-state index in [2.05, 4.69) is 0 Å². The van der Waals surface area contributed by atoms with E-state index in [0.717, 1.165) is 0 Å². The van der Waals surface area contributed by atoms with Crippen molar-refractivity contribution in [2.75, 3.05) is 52.9 Å². The summed E-state index contributed by atoms with van der Waals surface area (Å²) in [6, 6.07) is 0. The van der Waals surface area contributed by atoms with Crippen molar-refractivity contribution < 1.29 is 52.0 Å². The molecule has 9 heteroatoms. The standard InChI is InChI=1S/C8H18O5.2H2O.O.V/c9-1-3-11-5-7-13-8-6-12-4-2-10;;;;/h9-10H,1-8H2;2*1H2;;/q;;;;+2/p-2. The molecule has 0 aliphatic carbocycles. The maximum absolute atomic E-state index is 8.78. The van der Waals surface area contributed by atoms with Crippen molar-refractivity contribution in [2.45, 2.75) is 0 Å². The molecule has 4 N–H and O–H groups in total. The Morgan fingerprint density at radius 3 is 1.18 bits per heavy atom. The van der Waals surface area contributed by atoms with Gasteiger partial charge < -0.3 is 24.4 Å². The van der Waals surface area contributed by atoms with E-state index < -0.39 is 15.8 Å². The predicted molar refractivity (Wildman–Crippen MR) is 51.8 cm³/mol. The van der Waals surface area contributed by atoms with Gasteiger partial charge in [0.05, 0.1) is 52.9 Å². The molecular weight excluding hydrogens is 275 g/mol. The molecule has 8 nitrogen and oxygen atoms in total. The second-order valence-electron chi connectivity index (χ2n) is 2.54. The summed E-state index contributed by atoms with van der Waals surface area (Å²) in [4.78, 5) is 0. The zero-order valence-electron chi connectivity index (χ0n) is 9.53. The average Bonchev–Trinajstić information content (AvgIpc) is 2.26. The molecule has 0 saturated carbocycles. The van der Waals surface area contributed by atoms with E-state index in [9.17, 15) is 0 Å². The quantitative estimate of drug-likeness (QED) is 0.334. The molecule has 0 atom stereocenters. The molecule has 105 valence electrons. The molecule has 17 heavy (non-hydrogen) atoms. The Kier molecular flexibility index (Phi) is 21.1. The topological polar surface area (TPSA) is 126 Å². The van der Waals surface area contributed by atoms with Crippen LogP contribution in [-0.2, 0) is 33.7 Å². The molecule has 0 aromatic heterocycles.